The molecule has 35 heavy (non-hydrogen) atoms. The van der Waals surface area contributed by atoms with E-state index in [0.29, 0.717) is 31.7 Å². The molecule has 5 fully saturated rings. The van der Waals surface area contributed by atoms with Crippen LogP contribution in [0.4, 0.5) is 4.79 Å². The van der Waals surface area contributed by atoms with Gasteiger partial charge in [0.15, 0.2) is 0 Å². The third-order valence-electron chi connectivity index (χ3n) is 8.39. The molecule has 1 heterocycles. The lowest BCUT2D eigenvalue weighted by Gasteiger charge is -2.69. The lowest BCUT2D eigenvalue weighted by molar-refractivity contribution is -0.192. The fourth-order valence-electron chi connectivity index (χ4n) is 6.70. The van der Waals surface area contributed by atoms with Gasteiger partial charge in [0.2, 0.25) is 11.8 Å². The molecule has 1 unspecified atom stereocenters. The zero-order valence-corrected chi connectivity index (χ0v) is 21.3. The molecule has 4 bridgehead atoms. The average molecular weight is 484 g/mol. The maximum absolute atomic E-state index is 13.4. The number of alkyl carbamates (subject to hydrolysis) is 1. The number of rotatable bonds is 6. The number of nitrogens with zero attached hydrogens (tertiary/aromatic N) is 1. The number of nitrogens with one attached hydrogen (secondary N) is 2. The fourth-order valence-corrected chi connectivity index (χ4v) is 6.70. The highest BCUT2D eigenvalue weighted by Crippen LogP contribution is 2.68. The minimum Gasteiger partial charge on any atom is -0.497 e. The lowest BCUT2D eigenvalue weighted by atomic mass is 9.39. The Hall–Kier alpha value is -2.77. The molecule has 190 valence electrons. The van der Waals surface area contributed by atoms with E-state index >= 15 is 0 Å². The number of carbonyl (C=O) groups is 3. The van der Waals surface area contributed by atoms with Gasteiger partial charge in [-0.15, -0.1) is 0 Å². The van der Waals surface area contributed by atoms with Crippen LogP contribution in [0, 0.1) is 11.3 Å². The molecule has 4 saturated carbocycles. The van der Waals surface area contributed by atoms with E-state index in [0.717, 1.165) is 24.2 Å². The lowest BCUT2D eigenvalue weighted by Crippen LogP contribution is -2.78. The number of piperidine rings is 1. The van der Waals surface area contributed by atoms with Gasteiger partial charge >= 0.3 is 6.09 Å². The second-order valence-corrected chi connectivity index (χ2v) is 12.2. The number of ether oxygens (including phenoxy) is 2. The van der Waals surface area contributed by atoms with Gasteiger partial charge in [-0.2, -0.15) is 0 Å². The van der Waals surface area contributed by atoms with Gasteiger partial charge in [-0.05, 0) is 83.4 Å². The Morgan fingerprint density at radius 2 is 1.74 bits per heavy atom. The van der Waals surface area contributed by atoms with Crippen LogP contribution >= 0.6 is 0 Å². The van der Waals surface area contributed by atoms with Gasteiger partial charge in [0.1, 0.15) is 11.4 Å². The maximum Gasteiger partial charge on any atom is 0.408 e. The molecule has 8 heteroatoms. The van der Waals surface area contributed by atoms with Gasteiger partial charge in [0.05, 0.1) is 18.4 Å². The van der Waals surface area contributed by atoms with Crippen LogP contribution in [0.15, 0.2) is 24.3 Å². The Labute approximate surface area is 207 Å². The molecular weight excluding hydrogens is 446 g/mol. The highest BCUT2D eigenvalue weighted by Gasteiger charge is 2.73. The molecule has 3 amide bonds. The van der Waals surface area contributed by atoms with Crippen molar-refractivity contribution >= 4 is 17.9 Å². The smallest absolute Gasteiger partial charge is 0.408 e. The Bertz CT molecular complexity index is 1010. The van der Waals surface area contributed by atoms with Gasteiger partial charge in [0, 0.05) is 24.2 Å². The third kappa shape index (κ3) is 4.25. The average Bonchev–Trinajstić information content (AvgIpc) is 3.33. The molecule has 1 aromatic rings. The Kier molecular flexibility index (Phi) is 5.57. The summed E-state index contributed by atoms with van der Waals surface area (Å²) in [7, 11) is 1.63. The minimum absolute atomic E-state index is 0.0279. The van der Waals surface area contributed by atoms with Gasteiger partial charge in [-0.1, -0.05) is 12.1 Å². The molecular formula is C27H37N3O5. The number of methoxy groups -OCH3 is 1. The summed E-state index contributed by atoms with van der Waals surface area (Å²) in [4.78, 5) is 40.5. The van der Waals surface area contributed by atoms with E-state index in [1.807, 2.05) is 52.0 Å². The van der Waals surface area contributed by atoms with E-state index in [1.54, 1.807) is 7.11 Å². The maximum atomic E-state index is 13.4. The monoisotopic (exact) mass is 483 g/mol. The number of likely N-dealkylation sites (tertiary alicyclic amines) is 1. The van der Waals surface area contributed by atoms with Crippen molar-refractivity contribution in [2.45, 2.75) is 88.9 Å². The minimum atomic E-state index is -0.533. The first kappa shape index (κ1) is 23.9. The van der Waals surface area contributed by atoms with Crippen LogP contribution in [0.5, 0.6) is 5.75 Å². The molecule has 0 spiro atoms. The first-order chi connectivity index (χ1) is 16.4. The van der Waals surface area contributed by atoms with Crippen molar-refractivity contribution in [1.29, 1.82) is 0 Å². The topological polar surface area (TPSA) is 97.0 Å². The summed E-state index contributed by atoms with van der Waals surface area (Å²) in [5, 5.41) is 6.24. The van der Waals surface area contributed by atoms with Crippen molar-refractivity contribution < 1.29 is 23.9 Å². The third-order valence-corrected chi connectivity index (χ3v) is 8.39. The normalized spacial score (nSPS) is 33.3. The van der Waals surface area contributed by atoms with Crippen molar-refractivity contribution in [2.24, 2.45) is 11.3 Å². The SMILES string of the molecule is COc1ccc(C(C)C(=O)N[C@H]2C[C@@H]3C[C@H]2CN3C(=O)C23CC(NC(=O)OC(C)(C)C)(C2)C3)cc1. The molecule has 6 rings (SSSR count). The highest BCUT2D eigenvalue weighted by molar-refractivity contribution is 5.89. The van der Waals surface area contributed by atoms with E-state index in [1.165, 1.54) is 0 Å². The molecule has 2 N–H and O–H groups in total. The molecule has 1 aliphatic heterocycles. The molecule has 1 aromatic carbocycles. The molecule has 0 radical (unpaired) electrons. The zero-order chi connectivity index (χ0) is 25.2. The number of hydrogen-bond donors (Lipinski definition) is 2. The summed E-state index contributed by atoms with van der Waals surface area (Å²) in [6.45, 7) is 8.16. The predicted octanol–water partition coefficient (Wildman–Crippen LogP) is 3.35. The summed E-state index contributed by atoms with van der Waals surface area (Å²) in [6.07, 6.45) is 3.46. The Morgan fingerprint density at radius 3 is 2.29 bits per heavy atom. The second-order valence-electron chi connectivity index (χ2n) is 12.2. The molecule has 4 aliphatic carbocycles. The largest absolute Gasteiger partial charge is 0.497 e. The number of hydrogen-bond acceptors (Lipinski definition) is 5. The number of benzene rings is 1. The molecule has 1 saturated heterocycles. The summed E-state index contributed by atoms with van der Waals surface area (Å²) in [5.41, 5.74) is -0.166. The first-order valence-corrected chi connectivity index (χ1v) is 12.7. The van der Waals surface area contributed by atoms with Crippen LogP contribution in [0.2, 0.25) is 0 Å². The van der Waals surface area contributed by atoms with Crippen molar-refractivity contribution in [3.05, 3.63) is 29.8 Å². The highest BCUT2D eigenvalue weighted by atomic mass is 16.6. The second kappa shape index (κ2) is 8.14. The summed E-state index contributed by atoms with van der Waals surface area (Å²) in [5.74, 6) is 1.09. The van der Waals surface area contributed by atoms with E-state index < -0.39 is 11.7 Å². The molecule has 5 aliphatic rings. The van der Waals surface area contributed by atoms with Crippen molar-refractivity contribution in [3.8, 4) is 5.75 Å². The van der Waals surface area contributed by atoms with Gasteiger partial charge in [-0.25, -0.2) is 4.79 Å². The standard InChI is InChI=1S/C27H37N3O5/c1-16(17-6-8-20(34-5)9-7-17)22(31)28-21-11-19-10-18(21)12-30(19)23(32)26-13-27(14-26,15-26)29-24(33)35-25(2,3)4/h6-9,16,18-19,21H,10-15H2,1-5H3,(H,28,31)(H,29,33)/t16?,18-,19-,21-,26?,27?/m0/s1. The number of fused-ring (bicyclic) bond motifs is 2. The molecule has 0 aromatic heterocycles. The zero-order valence-electron chi connectivity index (χ0n) is 21.3. The van der Waals surface area contributed by atoms with E-state index in [-0.39, 0.29) is 40.8 Å². The van der Waals surface area contributed by atoms with Crippen LogP contribution < -0.4 is 15.4 Å². The Morgan fingerprint density at radius 1 is 1.09 bits per heavy atom. The van der Waals surface area contributed by atoms with E-state index in [9.17, 15) is 14.4 Å². The van der Waals surface area contributed by atoms with E-state index in [2.05, 4.69) is 15.5 Å². The van der Waals surface area contributed by atoms with E-state index in [4.69, 9.17) is 9.47 Å². The van der Waals surface area contributed by atoms with Crippen LogP contribution in [0.3, 0.4) is 0 Å². The van der Waals surface area contributed by atoms with Gasteiger partial charge in [0.25, 0.3) is 0 Å². The van der Waals surface area contributed by atoms with Crippen LogP contribution in [0.25, 0.3) is 0 Å². The van der Waals surface area contributed by atoms with Crippen molar-refractivity contribution in [3.63, 3.8) is 0 Å². The quantitative estimate of drug-likeness (QED) is 0.647. The summed E-state index contributed by atoms with van der Waals surface area (Å²) >= 11 is 0. The van der Waals surface area contributed by atoms with Gasteiger partial charge < -0.3 is 25.0 Å². The predicted molar refractivity (Wildman–Crippen MR) is 130 cm³/mol. The Balaban J connectivity index is 1.10. The van der Waals surface area contributed by atoms with Crippen LogP contribution in [-0.4, -0.2) is 59.7 Å². The summed E-state index contributed by atoms with van der Waals surface area (Å²) < 4.78 is 10.6. The summed E-state index contributed by atoms with van der Waals surface area (Å²) in [6, 6.07) is 7.91. The first-order valence-electron chi connectivity index (χ1n) is 12.7. The van der Waals surface area contributed by atoms with Crippen molar-refractivity contribution in [2.75, 3.05) is 13.7 Å². The molecule has 4 atom stereocenters. The molecule has 8 nitrogen and oxygen atoms in total. The van der Waals surface area contributed by atoms with Gasteiger partial charge in [-0.3, -0.25) is 9.59 Å². The van der Waals surface area contributed by atoms with Crippen molar-refractivity contribution in [1.82, 2.24) is 15.5 Å². The number of carbonyl (C=O) groups excluding carboxylic acids is 3. The van der Waals surface area contributed by atoms with Crippen LogP contribution in [-0.2, 0) is 14.3 Å². The fraction of sp³-hybridized carbons (Fsp3) is 0.667. The number of amides is 3. The van der Waals surface area contributed by atoms with Crippen LogP contribution in [0.1, 0.15) is 71.3 Å².